The Morgan fingerprint density at radius 1 is 0.944 bits per heavy atom. The van der Waals surface area contributed by atoms with Crippen molar-refractivity contribution in [3.05, 3.63) is 60.2 Å². The number of para-hydroxylation sites is 2. The van der Waals surface area contributed by atoms with Gasteiger partial charge in [-0.2, -0.15) is 0 Å². The molecule has 2 rings (SSSR count). The number of benzene rings is 2. The standard InChI is InChI=1S/C15H16N2O/c1-12(18)17-15-10-6-5-9-14(15)16-11-13-7-3-2-4-8-13/h2-10,16H,11H2,1H3,(H,17,18). The van der Waals surface area contributed by atoms with Gasteiger partial charge in [0.05, 0.1) is 11.4 Å². The van der Waals surface area contributed by atoms with Crippen LogP contribution in [0.4, 0.5) is 11.4 Å². The van der Waals surface area contributed by atoms with E-state index < -0.39 is 0 Å². The first kappa shape index (κ1) is 12.2. The highest BCUT2D eigenvalue weighted by atomic mass is 16.1. The van der Waals surface area contributed by atoms with E-state index in [-0.39, 0.29) is 5.91 Å². The van der Waals surface area contributed by atoms with E-state index >= 15 is 0 Å². The second-order valence-electron chi connectivity index (χ2n) is 4.07. The van der Waals surface area contributed by atoms with Gasteiger partial charge in [-0.3, -0.25) is 4.79 Å². The molecule has 92 valence electrons. The summed E-state index contributed by atoms with van der Waals surface area (Å²) in [6.07, 6.45) is 0. The molecule has 0 unspecified atom stereocenters. The Morgan fingerprint density at radius 3 is 2.22 bits per heavy atom. The Morgan fingerprint density at radius 2 is 1.56 bits per heavy atom. The van der Waals surface area contributed by atoms with Crippen molar-refractivity contribution in [2.75, 3.05) is 10.6 Å². The molecule has 0 saturated carbocycles. The Balaban J connectivity index is 2.07. The van der Waals surface area contributed by atoms with Gasteiger partial charge in [0.15, 0.2) is 0 Å². The van der Waals surface area contributed by atoms with E-state index in [4.69, 9.17) is 0 Å². The molecular formula is C15H16N2O. The topological polar surface area (TPSA) is 41.1 Å². The summed E-state index contributed by atoms with van der Waals surface area (Å²) in [4.78, 5) is 11.1. The first-order valence-corrected chi connectivity index (χ1v) is 5.90. The van der Waals surface area contributed by atoms with Gasteiger partial charge in [0.2, 0.25) is 5.91 Å². The first-order valence-electron chi connectivity index (χ1n) is 5.90. The van der Waals surface area contributed by atoms with Crippen molar-refractivity contribution in [3.8, 4) is 0 Å². The molecule has 2 aromatic rings. The number of carbonyl (C=O) groups excluding carboxylic acids is 1. The van der Waals surface area contributed by atoms with Crippen molar-refractivity contribution in [1.82, 2.24) is 0 Å². The molecule has 1 amide bonds. The van der Waals surface area contributed by atoms with Crippen molar-refractivity contribution in [3.63, 3.8) is 0 Å². The van der Waals surface area contributed by atoms with E-state index in [9.17, 15) is 4.79 Å². The van der Waals surface area contributed by atoms with Crippen LogP contribution in [-0.4, -0.2) is 5.91 Å². The lowest BCUT2D eigenvalue weighted by molar-refractivity contribution is -0.114. The third-order valence-electron chi connectivity index (χ3n) is 2.56. The summed E-state index contributed by atoms with van der Waals surface area (Å²) in [5.74, 6) is -0.0658. The largest absolute Gasteiger partial charge is 0.379 e. The molecule has 0 atom stereocenters. The van der Waals surface area contributed by atoms with E-state index in [1.165, 1.54) is 12.5 Å². The zero-order valence-corrected chi connectivity index (χ0v) is 10.3. The van der Waals surface area contributed by atoms with E-state index in [1.807, 2.05) is 42.5 Å². The molecule has 0 saturated heterocycles. The number of rotatable bonds is 4. The highest BCUT2D eigenvalue weighted by Gasteiger charge is 2.02. The summed E-state index contributed by atoms with van der Waals surface area (Å²) in [6, 6.07) is 17.8. The normalized spacial score (nSPS) is 9.83. The molecule has 3 nitrogen and oxygen atoms in total. The van der Waals surface area contributed by atoms with Crippen LogP contribution in [0.25, 0.3) is 0 Å². The second kappa shape index (κ2) is 5.87. The predicted octanol–water partition coefficient (Wildman–Crippen LogP) is 3.26. The number of nitrogens with one attached hydrogen (secondary N) is 2. The van der Waals surface area contributed by atoms with Crippen molar-refractivity contribution in [1.29, 1.82) is 0 Å². The van der Waals surface area contributed by atoms with Crippen LogP contribution >= 0.6 is 0 Å². The maximum absolute atomic E-state index is 11.1. The number of anilines is 2. The van der Waals surface area contributed by atoms with Crippen molar-refractivity contribution in [2.45, 2.75) is 13.5 Å². The number of hydrogen-bond donors (Lipinski definition) is 2. The van der Waals surface area contributed by atoms with Gasteiger partial charge in [0.25, 0.3) is 0 Å². The van der Waals surface area contributed by atoms with Crippen molar-refractivity contribution in [2.24, 2.45) is 0 Å². The smallest absolute Gasteiger partial charge is 0.221 e. The predicted molar refractivity (Wildman–Crippen MR) is 74.5 cm³/mol. The quantitative estimate of drug-likeness (QED) is 0.861. The Kier molecular flexibility index (Phi) is 3.97. The van der Waals surface area contributed by atoms with Crippen LogP contribution in [0, 0.1) is 0 Å². The molecule has 0 radical (unpaired) electrons. The highest BCUT2D eigenvalue weighted by molar-refractivity contribution is 5.92. The van der Waals surface area contributed by atoms with Gasteiger partial charge in [0, 0.05) is 13.5 Å². The fourth-order valence-electron chi connectivity index (χ4n) is 1.73. The monoisotopic (exact) mass is 240 g/mol. The van der Waals surface area contributed by atoms with E-state index in [2.05, 4.69) is 22.8 Å². The summed E-state index contributed by atoms with van der Waals surface area (Å²) in [5.41, 5.74) is 2.94. The van der Waals surface area contributed by atoms with Gasteiger partial charge in [-0.15, -0.1) is 0 Å². The van der Waals surface area contributed by atoms with Gasteiger partial charge < -0.3 is 10.6 Å². The molecule has 0 aromatic heterocycles. The van der Waals surface area contributed by atoms with Crippen molar-refractivity contribution >= 4 is 17.3 Å². The van der Waals surface area contributed by atoms with Gasteiger partial charge in [-0.25, -0.2) is 0 Å². The second-order valence-corrected chi connectivity index (χ2v) is 4.07. The van der Waals surface area contributed by atoms with Gasteiger partial charge in [-0.1, -0.05) is 42.5 Å². The van der Waals surface area contributed by atoms with Crippen LogP contribution in [-0.2, 0) is 11.3 Å². The average Bonchev–Trinajstić information content (AvgIpc) is 2.38. The fourth-order valence-corrected chi connectivity index (χ4v) is 1.73. The Bertz CT molecular complexity index is 523. The minimum absolute atomic E-state index is 0.0658. The Labute approximate surface area is 107 Å². The molecule has 0 aliphatic carbocycles. The third-order valence-corrected chi connectivity index (χ3v) is 2.56. The highest BCUT2D eigenvalue weighted by Crippen LogP contribution is 2.21. The van der Waals surface area contributed by atoms with Crippen LogP contribution in [0.5, 0.6) is 0 Å². The molecule has 2 aromatic carbocycles. The molecular weight excluding hydrogens is 224 g/mol. The Hall–Kier alpha value is -2.29. The zero-order valence-electron chi connectivity index (χ0n) is 10.3. The lowest BCUT2D eigenvalue weighted by Crippen LogP contribution is -2.09. The van der Waals surface area contributed by atoms with Crippen LogP contribution in [0.2, 0.25) is 0 Å². The third kappa shape index (κ3) is 3.35. The molecule has 0 aliphatic rings. The van der Waals surface area contributed by atoms with E-state index in [0.29, 0.717) is 0 Å². The summed E-state index contributed by atoms with van der Waals surface area (Å²) in [7, 11) is 0. The zero-order chi connectivity index (χ0) is 12.8. The molecule has 2 N–H and O–H groups in total. The minimum atomic E-state index is -0.0658. The molecule has 0 bridgehead atoms. The lowest BCUT2D eigenvalue weighted by Gasteiger charge is -2.12. The number of hydrogen-bond acceptors (Lipinski definition) is 2. The van der Waals surface area contributed by atoms with Crippen LogP contribution < -0.4 is 10.6 Å². The number of amides is 1. The van der Waals surface area contributed by atoms with E-state index in [0.717, 1.165) is 17.9 Å². The SMILES string of the molecule is CC(=O)Nc1ccccc1NCc1ccccc1. The van der Waals surface area contributed by atoms with Crippen LogP contribution in [0.3, 0.4) is 0 Å². The molecule has 0 spiro atoms. The van der Waals surface area contributed by atoms with Crippen LogP contribution in [0.15, 0.2) is 54.6 Å². The van der Waals surface area contributed by atoms with Gasteiger partial charge >= 0.3 is 0 Å². The first-order chi connectivity index (χ1) is 8.75. The molecule has 3 heteroatoms. The summed E-state index contributed by atoms with van der Waals surface area (Å²) < 4.78 is 0. The van der Waals surface area contributed by atoms with Crippen LogP contribution in [0.1, 0.15) is 12.5 Å². The lowest BCUT2D eigenvalue weighted by atomic mass is 10.2. The molecule has 0 aliphatic heterocycles. The maximum atomic E-state index is 11.1. The maximum Gasteiger partial charge on any atom is 0.221 e. The molecule has 0 fully saturated rings. The summed E-state index contributed by atoms with van der Waals surface area (Å²) in [5, 5.41) is 6.13. The van der Waals surface area contributed by atoms with E-state index in [1.54, 1.807) is 0 Å². The number of carbonyl (C=O) groups is 1. The molecule has 0 heterocycles. The van der Waals surface area contributed by atoms with Gasteiger partial charge in [0.1, 0.15) is 0 Å². The fraction of sp³-hybridized carbons (Fsp3) is 0.133. The minimum Gasteiger partial charge on any atom is -0.379 e. The van der Waals surface area contributed by atoms with Crippen molar-refractivity contribution < 1.29 is 4.79 Å². The summed E-state index contributed by atoms with van der Waals surface area (Å²) >= 11 is 0. The summed E-state index contributed by atoms with van der Waals surface area (Å²) in [6.45, 7) is 2.24. The molecule has 18 heavy (non-hydrogen) atoms. The van der Waals surface area contributed by atoms with Gasteiger partial charge in [-0.05, 0) is 17.7 Å². The average molecular weight is 240 g/mol.